The van der Waals surface area contributed by atoms with Crippen LogP contribution in [0.2, 0.25) is 0 Å². The predicted molar refractivity (Wildman–Crippen MR) is 136 cm³/mol. The molecular formula is C28H39N2O5+. The summed E-state index contributed by atoms with van der Waals surface area (Å²) < 4.78 is 11.1. The molecule has 3 rings (SSSR count). The van der Waals surface area contributed by atoms with E-state index in [2.05, 4.69) is 17.4 Å². The number of aryl methyl sites for hydroxylation is 1. The minimum atomic E-state index is -0.923. The van der Waals surface area contributed by atoms with Gasteiger partial charge in [-0.05, 0) is 37.3 Å². The molecule has 0 radical (unpaired) electrons. The van der Waals surface area contributed by atoms with Crippen LogP contribution in [0.4, 0.5) is 5.69 Å². The Labute approximate surface area is 208 Å². The van der Waals surface area contributed by atoms with Crippen LogP contribution in [-0.4, -0.2) is 61.1 Å². The van der Waals surface area contributed by atoms with Crippen molar-refractivity contribution in [2.24, 2.45) is 11.8 Å². The van der Waals surface area contributed by atoms with E-state index in [-0.39, 0.29) is 17.8 Å². The van der Waals surface area contributed by atoms with E-state index in [1.54, 1.807) is 12.1 Å². The molecule has 7 nitrogen and oxygen atoms in total. The van der Waals surface area contributed by atoms with Crippen LogP contribution in [0.1, 0.15) is 48.2 Å². The van der Waals surface area contributed by atoms with E-state index in [1.807, 2.05) is 45.0 Å². The number of ether oxygens (including phenoxy) is 2. The fraction of sp³-hybridized carbons (Fsp3) is 0.500. The average Bonchev–Trinajstić information content (AvgIpc) is 2.83. The van der Waals surface area contributed by atoms with Crippen molar-refractivity contribution in [3.05, 3.63) is 65.2 Å². The Morgan fingerprint density at radius 3 is 2.57 bits per heavy atom. The number of nitrogens with one attached hydrogen (secondary N) is 1. The van der Waals surface area contributed by atoms with Gasteiger partial charge in [0.25, 0.3) is 0 Å². The Balaban J connectivity index is 1.83. The van der Waals surface area contributed by atoms with Gasteiger partial charge in [0.15, 0.2) is 6.23 Å². The van der Waals surface area contributed by atoms with Crippen molar-refractivity contribution in [3.63, 3.8) is 0 Å². The molecule has 2 aromatic carbocycles. The van der Waals surface area contributed by atoms with Crippen LogP contribution < -0.4 is 5.32 Å². The van der Waals surface area contributed by atoms with Crippen LogP contribution in [0.3, 0.4) is 0 Å². The molecule has 2 aromatic rings. The van der Waals surface area contributed by atoms with Gasteiger partial charge in [0.2, 0.25) is 0 Å². The van der Waals surface area contributed by atoms with Gasteiger partial charge in [0.1, 0.15) is 19.0 Å². The molecule has 0 spiro atoms. The molecule has 35 heavy (non-hydrogen) atoms. The number of nitrogens with zero attached hydrogens (tertiary/aromatic N) is 1. The van der Waals surface area contributed by atoms with Crippen molar-refractivity contribution >= 4 is 17.6 Å². The molecule has 190 valence electrons. The van der Waals surface area contributed by atoms with Gasteiger partial charge < -0.3 is 24.4 Å². The Hall–Kier alpha value is -2.90. The molecule has 1 saturated heterocycles. The number of quaternary nitrogens is 1. The number of carbonyl (C=O) groups is 2. The number of esters is 2. The number of likely N-dealkylation sites (tertiary alicyclic amines) is 1. The first-order chi connectivity index (χ1) is 16.7. The zero-order valence-corrected chi connectivity index (χ0v) is 21.3. The quantitative estimate of drug-likeness (QED) is 0.300. The molecule has 7 heteroatoms. The minimum Gasteiger partial charge on any atom is -0.465 e. The summed E-state index contributed by atoms with van der Waals surface area (Å²) in [7, 11) is 1.34. The number of para-hydroxylation sites is 1. The van der Waals surface area contributed by atoms with Crippen molar-refractivity contribution in [1.29, 1.82) is 0 Å². The summed E-state index contributed by atoms with van der Waals surface area (Å²) >= 11 is 0. The van der Waals surface area contributed by atoms with Crippen LogP contribution >= 0.6 is 0 Å². The molecule has 0 bridgehead atoms. The summed E-state index contributed by atoms with van der Waals surface area (Å²) in [4.78, 5) is 25.1. The number of benzene rings is 2. The lowest BCUT2D eigenvalue weighted by Gasteiger charge is -2.45. The zero-order valence-electron chi connectivity index (χ0n) is 21.3. The highest BCUT2D eigenvalue weighted by atomic mass is 16.5. The zero-order chi connectivity index (χ0) is 25.4. The van der Waals surface area contributed by atoms with Crippen molar-refractivity contribution < 1.29 is 28.7 Å². The SMILES string of the molecule is COC(=O)c1cccc(C)c1NC(O)C[N+]1(Cc2ccccc2)CCCC(C(=O)OCC(C)C)C1. The molecule has 1 heterocycles. The summed E-state index contributed by atoms with van der Waals surface area (Å²) in [5.74, 6) is -0.524. The fourth-order valence-electron chi connectivity index (χ4n) is 4.95. The fourth-order valence-corrected chi connectivity index (χ4v) is 4.95. The Morgan fingerprint density at radius 1 is 1.14 bits per heavy atom. The molecule has 0 saturated carbocycles. The van der Waals surface area contributed by atoms with Crippen LogP contribution in [-0.2, 0) is 20.8 Å². The highest BCUT2D eigenvalue weighted by Crippen LogP contribution is 2.29. The Bertz CT molecular complexity index is 994. The Morgan fingerprint density at radius 2 is 1.89 bits per heavy atom. The number of aliphatic hydroxyl groups is 1. The van der Waals surface area contributed by atoms with Gasteiger partial charge in [0.05, 0.1) is 38.1 Å². The van der Waals surface area contributed by atoms with E-state index >= 15 is 0 Å². The summed E-state index contributed by atoms with van der Waals surface area (Å²) in [5.41, 5.74) is 2.95. The maximum atomic E-state index is 12.9. The van der Waals surface area contributed by atoms with Gasteiger partial charge in [-0.25, -0.2) is 4.79 Å². The van der Waals surface area contributed by atoms with Gasteiger partial charge >= 0.3 is 11.9 Å². The maximum Gasteiger partial charge on any atom is 0.339 e. The maximum absolute atomic E-state index is 12.9. The van der Waals surface area contributed by atoms with Crippen molar-refractivity contribution in [3.8, 4) is 0 Å². The number of carbonyl (C=O) groups excluding carboxylic acids is 2. The molecular weight excluding hydrogens is 444 g/mol. The number of hydrogen-bond acceptors (Lipinski definition) is 6. The van der Waals surface area contributed by atoms with E-state index in [9.17, 15) is 14.7 Å². The smallest absolute Gasteiger partial charge is 0.339 e. The second-order valence-corrected chi connectivity index (χ2v) is 10.1. The third kappa shape index (κ3) is 7.29. The number of anilines is 1. The van der Waals surface area contributed by atoms with Gasteiger partial charge in [-0.15, -0.1) is 0 Å². The van der Waals surface area contributed by atoms with Gasteiger partial charge in [0, 0.05) is 5.56 Å². The lowest BCUT2D eigenvalue weighted by Crippen LogP contribution is -2.59. The normalized spacial score (nSPS) is 20.8. The molecule has 3 unspecified atom stereocenters. The summed E-state index contributed by atoms with van der Waals surface area (Å²) in [5, 5.41) is 14.4. The molecule has 2 N–H and O–H groups in total. The highest BCUT2D eigenvalue weighted by Gasteiger charge is 2.40. The third-order valence-corrected chi connectivity index (χ3v) is 6.60. The van der Waals surface area contributed by atoms with Crippen LogP contribution in [0.25, 0.3) is 0 Å². The van der Waals surface area contributed by atoms with Gasteiger partial charge in [-0.2, -0.15) is 0 Å². The second-order valence-electron chi connectivity index (χ2n) is 10.1. The monoisotopic (exact) mass is 483 g/mol. The van der Waals surface area contributed by atoms with E-state index < -0.39 is 12.2 Å². The van der Waals surface area contributed by atoms with E-state index in [0.717, 1.165) is 30.5 Å². The van der Waals surface area contributed by atoms with Crippen LogP contribution in [0, 0.1) is 18.8 Å². The topological polar surface area (TPSA) is 84.9 Å². The summed E-state index contributed by atoms with van der Waals surface area (Å²) in [6.07, 6.45) is 0.742. The first kappa shape index (κ1) is 26.7. The standard InChI is InChI=1S/C28H38N2O5/c1-20(2)19-35-27(32)23-13-9-15-30(17-23,16-22-11-6-5-7-12-22)18-25(31)29-26-21(3)10-8-14-24(26)28(33)34-4/h5-8,10-12,14,20,23,25,31H,9,13,15-19H2,1-4H3/p+1. The number of hydrogen-bond donors (Lipinski definition) is 2. The van der Waals surface area contributed by atoms with E-state index in [0.29, 0.717) is 42.0 Å². The van der Waals surface area contributed by atoms with Crippen LogP contribution in [0.5, 0.6) is 0 Å². The number of methoxy groups -OCH3 is 1. The van der Waals surface area contributed by atoms with Crippen molar-refractivity contribution in [1.82, 2.24) is 0 Å². The first-order valence-corrected chi connectivity index (χ1v) is 12.4. The molecule has 1 aliphatic heterocycles. The molecule has 1 fully saturated rings. The first-order valence-electron chi connectivity index (χ1n) is 12.4. The molecule has 1 aliphatic rings. The third-order valence-electron chi connectivity index (χ3n) is 6.60. The minimum absolute atomic E-state index is 0.150. The van der Waals surface area contributed by atoms with Crippen LogP contribution in [0.15, 0.2) is 48.5 Å². The van der Waals surface area contributed by atoms with Gasteiger partial charge in [-0.3, -0.25) is 4.79 Å². The lowest BCUT2D eigenvalue weighted by molar-refractivity contribution is -0.949. The molecule has 3 atom stereocenters. The molecule has 0 aliphatic carbocycles. The Kier molecular flexibility index (Phi) is 9.29. The summed E-state index contributed by atoms with van der Waals surface area (Å²) in [6.45, 7) is 8.89. The number of aliphatic hydroxyl groups excluding tert-OH is 1. The van der Waals surface area contributed by atoms with Gasteiger partial charge in [-0.1, -0.05) is 56.3 Å². The largest absolute Gasteiger partial charge is 0.465 e. The molecule has 0 amide bonds. The number of rotatable bonds is 10. The predicted octanol–water partition coefficient (Wildman–Crippen LogP) is 4.14. The van der Waals surface area contributed by atoms with E-state index in [4.69, 9.17) is 9.47 Å². The highest BCUT2D eigenvalue weighted by molar-refractivity contribution is 5.96. The average molecular weight is 484 g/mol. The van der Waals surface area contributed by atoms with E-state index in [1.165, 1.54) is 7.11 Å². The number of piperidine rings is 1. The van der Waals surface area contributed by atoms with Crippen molar-refractivity contribution in [2.45, 2.75) is 46.4 Å². The molecule has 0 aromatic heterocycles. The lowest BCUT2D eigenvalue weighted by atomic mass is 9.94. The second kappa shape index (κ2) is 12.2. The van der Waals surface area contributed by atoms with Crippen molar-refractivity contribution in [2.75, 3.05) is 38.7 Å². The summed E-state index contributed by atoms with van der Waals surface area (Å²) in [6, 6.07) is 15.5.